The SMILES string of the molecule is C=CCNC(=O)C(O)C(CCC)NC(=O)[C@@H]1[C@@H]2[C@H](CN1C(=O)[C@@H](NC(=O)[C@@H](NC(=O)c1ccccn1)C1CCCCC1)C(C)(C)C)C2(C)C.C=CCNC(=O)C(O)C(N)CCCC.CC(C)(C)[C@H](NC(=O)[C@@H](NC(=O)c1ccccn1)C1CCCCC1)C(=O)N1C[C@H]2[C@@H]([C@H]1C(=O)O)C2(C)C.Cl. The number of unbranched alkanes of at least 4 members (excludes halogenated alkanes) is 1. The molecule has 8 rings (SSSR count). The van der Waals surface area contributed by atoms with Gasteiger partial charge in [0.2, 0.25) is 29.5 Å². The van der Waals surface area contributed by atoms with Gasteiger partial charge in [0.05, 0.1) is 6.04 Å². The maximum atomic E-state index is 14.5. The molecule has 14 atom stereocenters. The third-order valence-corrected chi connectivity index (χ3v) is 21.5. The Morgan fingerprint density at radius 3 is 1.36 bits per heavy atom. The lowest BCUT2D eigenvalue weighted by Crippen LogP contribution is -2.63. The Bertz CT molecular complexity index is 3170. The number of hydrogen-bond acceptors (Lipinski definition) is 15. The summed E-state index contributed by atoms with van der Waals surface area (Å²) in [6.45, 7) is 31.6. The summed E-state index contributed by atoms with van der Waals surface area (Å²) in [6.07, 6.45) is 16.3. The number of aliphatic hydroxyl groups excluding tert-OH is 2. The van der Waals surface area contributed by atoms with Gasteiger partial charge in [0.25, 0.3) is 23.6 Å². The highest BCUT2D eigenvalue weighted by Crippen LogP contribution is 2.66. The molecule has 4 heterocycles. The Balaban J connectivity index is 0.000000311. The average molecular weight is 1430 g/mol. The van der Waals surface area contributed by atoms with E-state index >= 15 is 0 Å². The van der Waals surface area contributed by atoms with Crippen molar-refractivity contribution in [3.8, 4) is 0 Å². The van der Waals surface area contributed by atoms with E-state index in [-0.39, 0.29) is 88.5 Å². The van der Waals surface area contributed by atoms with Gasteiger partial charge in [-0.15, -0.1) is 25.6 Å². The van der Waals surface area contributed by atoms with Crippen LogP contribution in [0.2, 0.25) is 0 Å². The van der Waals surface area contributed by atoms with Gasteiger partial charge >= 0.3 is 5.97 Å². The van der Waals surface area contributed by atoms with Crippen molar-refractivity contribution in [2.45, 2.75) is 240 Å². The van der Waals surface area contributed by atoms with Crippen molar-refractivity contribution in [2.75, 3.05) is 26.2 Å². The molecule has 2 aromatic heterocycles. The van der Waals surface area contributed by atoms with E-state index in [9.17, 15) is 63.3 Å². The summed E-state index contributed by atoms with van der Waals surface area (Å²) >= 11 is 0. The van der Waals surface area contributed by atoms with Crippen LogP contribution in [0.25, 0.3) is 0 Å². The first kappa shape index (κ1) is 84.3. The summed E-state index contributed by atoms with van der Waals surface area (Å²) in [5.41, 5.74) is 4.38. The first-order valence-electron chi connectivity index (χ1n) is 36.2. The fourth-order valence-electron chi connectivity index (χ4n) is 15.3. The van der Waals surface area contributed by atoms with Crippen LogP contribution in [0.1, 0.15) is 200 Å². The van der Waals surface area contributed by atoms with Gasteiger partial charge in [-0.3, -0.25) is 53.1 Å². The van der Waals surface area contributed by atoms with Crippen LogP contribution >= 0.6 is 12.4 Å². The van der Waals surface area contributed by atoms with Crippen molar-refractivity contribution in [1.82, 2.24) is 57.0 Å². The van der Waals surface area contributed by atoms with E-state index in [0.29, 0.717) is 38.9 Å². The zero-order valence-corrected chi connectivity index (χ0v) is 62.4. The molecule has 2 saturated heterocycles. The number of carbonyl (C=O) groups is 10. The number of carboxylic acid groups (broad SMARTS) is 1. The van der Waals surface area contributed by atoms with Gasteiger partial charge in [-0.25, -0.2) is 4.79 Å². The fraction of sp³-hybridized carbons (Fsp3) is 0.680. The number of fused-ring (bicyclic) bond motifs is 2. The summed E-state index contributed by atoms with van der Waals surface area (Å²) in [4.78, 5) is 144. The molecule has 12 N–H and O–H groups in total. The minimum absolute atomic E-state index is 0. The minimum atomic E-state index is -1.47. The molecule has 26 heteroatoms. The van der Waals surface area contributed by atoms with E-state index in [1.807, 2.05) is 69.2 Å². The maximum Gasteiger partial charge on any atom is 0.326 e. The summed E-state index contributed by atoms with van der Waals surface area (Å²) in [5, 5.41) is 50.0. The average Bonchev–Trinajstić information content (AvgIpc) is 1.53. The molecule has 0 radical (unpaired) electrons. The summed E-state index contributed by atoms with van der Waals surface area (Å²) in [6, 6.07) is 3.40. The lowest BCUT2D eigenvalue weighted by atomic mass is 9.82. The summed E-state index contributed by atoms with van der Waals surface area (Å²) in [7, 11) is 0. The van der Waals surface area contributed by atoms with Crippen LogP contribution in [0.4, 0.5) is 0 Å². The highest BCUT2D eigenvalue weighted by atomic mass is 35.5. The topological polar surface area (TPSA) is 374 Å². The first-order chi connectivity index (χ1) is 47.1. The summed E-state index contributed by atoms with van der Waals surface area (Å²) in [5.74, 6) is -5.09. The van der Waals surface area contributed by atoms with Gasteiger partial charge in [-0.2, -0.15) is 0 Å². The second kappa shape index (κ2) is 37.2. The van der Waals surface area contributed by atoms with E-state index in [2.05, 4.69) is 74.2 Å². The van der Waals surface area contributed by atoms with Gasteiger partial charge < -0.3 is 68.1 Å². The third-order valence-electron chi connectivity index (χ3n) is 21.5. The maximum absolute atomic E-state index is 14.5. The predicted octanol–water partition coefficient (Wildman–Crippen LogP) is 6.17. The molecule has 6 fully saturated rings. The number of likely N-dealkylation sites (tertiary alicyclic amines) is 2. The Morgan fingerprint density at radius 1 is 0.584 bits per heavy atom. The molecule has 25 nitrogen and oxygen atoms in total. The Hall–Kier alpha value is -7.35. The van der Waals surface area contributed by atoms with Gasteiger partial charge in [-0.1, -0.05) is 165 Å². The number of carboxylic acids is 1. The highest BCUT2D eigenvalue weighted by Gasteiger charge is 2.71. The van der Waals surface area contributed by atoms with Gasteiger partial charge in [0.1, 0.15) is 53.7 Å². The predicted molar refractivity (Wildman–Crippen MR) is 387 cm³/mol. The monoisotopic (exact) mass is 1430 g/mol. The fourth-order valence-corrected chi connectivity index (χ4v) is 15.3. The van der Waals surface area contributed by atoms with Crippen molar-refractivity contribution in [3.05, 3.63) is 85.5 Å². The van der Waals surface area contributed by atoms with Crippen molar-refractivity contribution in [1.29, 1.82) is 0 Å². The number of amides is 9. The van der Waals surface area contributed by atoms with E-state index in [1.165, 1.54) is 23.4 Å². The number of aromatic nitrogens is 2. The molecule has 101 heavy (non-hydrogen) atoms. The molecule has 4 aliphatic carbocycles. The third kappa shape index (κ3) is 21.6. The Morgan fingerprint density at radius 2 is 0.990 bits per heavy atom. The summed E-state index contributed by atoms with van der Waals surface area (Å²) < 4.78 is 0. The minimum Gasteiger partial charge on any atom is -0.480 e. The zero-order chi connectivity index (χ0) is 74.2. The lowest BCUT2D eigenvalue weighted by Gasteiger charge is -2.39. The van der Waals surface area contributed by atoms with Crippen LogP contribution in [-0.4, -0.2) is 181 Å². The molecule has 2 aromatic rings. The number of piperidine rings is 2. The quantitative estimate of drug-likeness (QED) is 0.0424. The molecule has 0 spiro atoms. The number of aliphatic carboxylic acids is 1. The van der Waals surface area contributed by atoms with Crippen LogP contribution in [0.5, 0.6) is 0 Å². The number of halogens is 1. The highest BCUT2D eigenvalue weighted by molar-refractivity contribution is 6.00. The number of rotatable bonds is 28. The standard InChI is InChI=1S/C37H56N6O6.C28H40N4O5.C10H20N2O2.ClH/c1-8-15-24(29(44)34(48)39-19-9-2)40-33(47)28-26-23(37(26,6)7)21-43(28)35(49)30(36(3,4)5)42-32(46)27(22-16-11-10-12-17-22)41-31(45)25-18-13-14-20-38-25;1-27(2,3)22(25(35)32-15-17-19(28(17,4)5)21(32)26(36)37)31-24(34)20(16-11-7-6-8-12-16)30-23(33)18-13-9-10-14-29-18;1-3-5-6-8(11)9(13)10(14)12-7-4-2;/h9,13-14,18,20,22-24,26-30,44H,2,8,10-12,15-17,19,21H2,1,3-7H3,(H,39,48)(H,40,47)(H,41,45)(H,42,46);9-10,13-14,16-17,19-22H,6-8,11-12,15H2,1-5H3,(H,30,33)(H,31,34)(H,36,37);4,8-9,13H,2-3,5-7,11H2,1H3,(H,12,14);1H/t23-,24?,26-,27-,28-,29?,30+;17-,19-,20-,21-,22+;;/m00../s1. The van der Waals surface area contributed by atoms with Crippen LogP contribution in [-0.2, 0) is 38.4 Å². The normalized spacial score (nSPS) is 23.4. The van der Waals surface area contributed by atoms with Crippen molar-refractivity contribution >= 4 is 71.5 Å². The molecular weight excluding hydrogens is 1310 g/mol. The number of nitrogens with one attached hydrogen (secondary N) is 7. The number of aliphatic hydroxyl groups is 2. The molecule has 0 aromatic carbocycles. The smallest absolute Gasteiger partial charge is 0.326 e. The van der Waals surface area contributed by atoms with Gasteiger partial charge in [-0.05, 0) is 114 Å². The molecule has 9 amide bonds. The number of pyridine rings is 2. The molecule has 6 aliphatic rings. The second-order valence-electron chi connectivity index (χ2n) is 31.5. The molecule has 562 valence electrons. The Kier molecular flexibility index (Phi) is 31.0. The largest absolute Gasteiger partial charge is 0.480 e. The van der Waals surface area contributed by atoms with E-state index < -0.39 is 119 Å². The van der Waals surface area contributed by atoms with E-state index in [4.69, 9.17) is 5.73 Å². The molecule has 0 bridgehead atoms. The molecule has 4 saturated carbocycles. The molecular formula is C75H117ClN12O13. The number of hydrogen-bond donors (Lipinski definition) is 11. The Labute approximate surface area is 603 Å². The first-order valence-corrected chi connectivity index (χ1v) is 36.2. The van der Waals surface area contributed by atoms with Crippen LogP contribution in [0, 0.1) is 57.2 Å². The van der Waals surface area contributed by atoms with E-state index in [1.54, 1.807) is 47.4 Å². The van der Waals surface area contributed by atoms with Crippen LogP contribution in [0.3, 0.4) is 0 Å². The van der Waals surface area contributed by atoms with E-state index in [0.717, 1.165) is 77.0 Å². The molecule has 4 unspecified atom stereocenters. The number of nitrogens with zero attached hydrogens (tertiary/aromatic N) is 4. The van der Waals surface area contributed by atoms with Gasteiger partial charge in [0, 0.05) is 50.5 Å². The van der Waals surface area contributed by atoms with Crippen LogP contribution < -0.4 is 43.0 Å². The van der Waals surface area contributed by atoms with Crippen molar-refractivity contribution in [3.63, 3.8) is 0 Å². The number of carbonyl (C=O) groups excluding carboxylic acids is 9. The van der Waals surface area contributed by atoms with Crippen molar-refractivity contribution < 1.29 is 63.3 Å². The lowest BCUT2D eigenvalue weighted by molar-refractivity contribution is -0.153. The second-order valence-corrected chi connectivity index (χ2v) is 31.5. The zero-order valence-electron chi connectivity index (χ0n) is 61.6. The van der Waals surface area contributed by atoms with Gasteiger partial charge in [0.15, 0.2) is 6.10 Å². The molecule has 2 aliphatic heterocycles. The van der Waals surface area contributed by atoms with Crippen LogP contribution in [0.15, 0.2) is 74.1 Å². The van der Waals surface area contributed by atoms with Crippen molar-refractivity contribution in [2.24, 2.45) is 62.9 Å². The number of nitrogens with two attached hydrogens (primary N) is 1.